The molecule has 0 amide bonds. The SMILES string of the molecule is C#CC1CCC2(CC2)N1. The van der Waals surface area contributed by atoms with Crippen molar-refractivity contribution < 1.29 is 0 Å². The Balaban J connectivity index is 2.02. The lowest BCUT2D eigenvalue weighted by Crippen LogP contribution is -2.29. The third-order valence-electron chi connectivity index (χ3n) is 2.45. The Hall–Kier alpha value is -0.480. The van der Waals surface area contributed by atoms with Crippen LogP contribution >= 0.6 is 0 Å². The van der Waals surface area contributed by atoms with Crippen LogP contribution in [-0.4, -0.2) is 11.6 Å². The Bertz CT molecular complexity index is 162. The maximum absolute atomic E-state index is 5.27. The van der Waals surface area contributed by atoms with Gasteiger partial charge in [-0.05, 0) is 25.7 Å². The van der Waals surface area contributed by atoms with Crippen LogP contribution in [0.4, 0.5) is 0 Å². The lowest BCUT2D eigenvalue weighted by molar-refractivity contribution is 0.579. The van der Waals surface area contributed by atoms with Gasteiger partial charge in [0.1, 0.15) is 0 Å². The zero-order valence-electron chi connectivity index (χ0n) is 5.48. The standard InChI is InChI=1S/C8H11N/c1-2-7-3-4-8(9-7)5-6-8/h1,7,9H,3-6H2. The van der Waals surface area contributed by atoms with Crippen molar-refractivity contribution in [1.82, 2.24) is 5.32 Å². The van der Waals surface area contributed by atoms with Crippen molar-refractivity contribution in [2.45, 2.75) is 37.3 Å². The second-order valence-corrected chi connectivity index (χ2v) is 3.18. The third kappa shape index (κ3) is 0.746. The third-order valence-corrected chi connectivity index (χ3v) is 2.45. The van der Waals surface area contributed by atoms with Crippen molar-refractivity contribution in [3.8, 4) is 12.3 Å². The summed E-state index contributed by atoms with van der Waals surface area (Å²) >= 11 is 0. The molecule has 1 saturated carbocycles. The topological polar surface area (TPSA) is 12.0 Å². The molecule has 1 nitrogen and oxygen atoms in total. The summed E-state index contributed by atoms with van der Waals surface area (Å²) in [6.45, 7) is 0. The van der Waals surface area contributed by atoms with E-state index in [0.717, 1.165) is 0 Å². The van der Waals surface area contributed by atoms with Crippen LogP contribution in [0.2, 0.25) is 0 Å². The summed E-state index contributed by atoms with van der Waals surface area (Å²) in [5, 5.41) is 3.45. The van der Waals surface area contributed by atoms with Gasteiger partial charge in [0.15, 0.2) is 0 Å². The van der Waals surface area contributed by atoms with Crippen LogP contribution in [0.25, 0.3) is 0 Å². The van der Waals surface area contributed by atoms with Gasteiger partial charge in [-0.25, -0.2) is 0 Å². The maximum atomic E-state index is 5.27. The van der Waals surface area contributed by atoms with Gasteiger partial charge in [0.2, 0.25) is 0 Å². The highest BCUT2D eigenvalue weighted by Crippen LogP contribution is 2.44. The monoisotopic (exact) mass is 121 g/mol. The van der Waals surface area contributed by atoms with Gasteiger partial charge in [-0.1, -0.05) is 5.92 Å². The number of rotatable bonds is 0. The summed E-state index contributed by atoms with van der Waals surface area (Å²) in [5.74, 6) is 2.75. The first-order valence-electron chi connectivity index (χ1n) is 3.58. The molecule has 2 rings (SSSR count). The van der Waals surface area contributed by atoms with E-state index in [9.17, 15) is 0 Å². The van der Waals surface area contributed by atoms with Crippen LogP contribution in [0.5, 0.6) is 0 Å². The molecule has 1 atom stereocenters. The number of nitrogens with one attached hydrogen (secondary N) is 1. The van der Waals surface area contributed by atoms with Gasteiger partial charge < -0.3 is 0 Å². The number of hydrogen-bond donors (Lipinski definition) is 1. The zero-order chi connectivity index (χ0) is 6.32. The molecule has 1 N–H and O–H groups in total. The summed E-state index contributed by atoms with van der Waals surface area (Å²) in [5.41, 5.74) is 0.525. The van der Waals surface area contributed by atoms with Crippen LogP contribution in [0.15, 0.2) is 0 Å². The highest BCUT2D eigenvalue weighted by Gasteiger charge is 2.47. The normalized spacial score (nSPS) is 36.6. The van der Waals surface area contributed by atoms with Gasteiger partial charge in [0.25, 0.3) is 0 Å². The molecule has 1 spiro atoms. The number of hydrogen-bond acceptors (Lipinski definition) is 1. The molecule has 0 aromatic rings. The molecule has 0 aromatic heterocycles. The second-order valence-electron chi connectivity index (χ2n) is 3.18. The minimum Gasteiger partial charge on any atom is -0.298 e. The molecular formula is C8H11N. The van der Waals surface area contributed by atoms with E-state index >= 15 is 0 Å². The Kier molecular flexibility index (Phi) is 0.896. The Morgan fingerprint density at radius 2 is 2.22 bits per heavy atom. The van der Waals surface area contributed by atoms with E-state index < -0.39 is 0 Å². The molecule has 1 aliphatic carbocycles. The lowest BCUT2D eigenvalue weighted by atomic mass is 10.2. The molecule has 9 heavy (non-hydrogen) atoms. The van der Waals surface area contributed by atoms with E-state index in [1.54, 1.807) is 0 Å². The van der Waals surface area contributed by atoms with E-state index in [2.05, 4.69) is 11.2 Å². The predicted octanol–water partition coefficient (Wildman–Crippen LogP) is 0.904. The van der Waals surface area contributed by atoms with E-state index in [4.69, 9.17) is 6.42 Å². The molecule has 2 aliphatic rings. The van der Waals surface area contributed by atoms with E-state index in [-0.39, 0.29) is 0 Å². The van der Waals surface area contributed by atoms with Crippen LogP contribution in [0.3, 0.4) is 0 Å². The van der Waals surface area contributed by atoms with Gasteiger partial charge >= 0.3 is 0 Å². The minimum atomic E-state index is 0.382. The molecule has 1 heteroatoms. The van der Waals surface area contributed by atoms with Crippen molar-refractivity contribution in [3.63, 3.8) is 0 Å². The quantitative estimate of drug-likeness (QED) is 0.470. The first-order valence-corrected chi connectivity index (χ1v) is 3.58. The fourth-order valence-electron chi connectivity index (χ4n) is 1.60. The summed E-state index contributed by atoms with van der Waals surface area (Å²) < 4.78 is 0. The molecule has 0 bridgehead atoms. The average molecular weight is 121 g/mol. The van der Waals surface area contributed by atoms with Crippen molar-refractivity contribution in [2.75, 3.05) is 0 Å². The van der Waals surface area contributed by atoms with Crippen molar-refractivity contribution in [3.05, 3.63) is 0 Å². The Labute approximate surface area is 55.8 Å². The first kappa shape index (κ1) is 5.32. The van der Waals surface area contributed by atoms with Gasteiger partial charge in [0, 0.05) is 5.54 Å². The highest BCUT2D eigenvalue weighted by atomic mass is 15.1. The van der Waals surface area contributed by atoms with Crippen molar-refractivity contribution in [2.24, 2.45) is 0 Å². The van der Waals surface area contributed by atoms with E-state index in [1.165, 1.54) is 25.7 Å². The first-order chi connectivity index (χ1) is 4.35. The molecule has 0 radical (unpaired) electrons. The van der Waals surface area contributed by atoms with Crippen molar-refractivity contribution in [1.29, 1.82) is 0 Å². The summed E-state index contributed by atoms with van der Waals surface area (Å²) in [7, 11) is 0. The largest absolute Gasteiger partial charge is 0.298 e. The summed E-state index contributed by atoms with van der Waals surface area (Å²) in [6, 6.07) is 0.382. The highest BCUT2D eigenvalue weighted by molar-refractivity contribution is 5.15. The Morgan fingerprint density at radius 1 is 1.44 bits per heavy atom. The maximum Gasteiger partial charge on any atom is 0.0691 e. The van der Waals surface area contributed by atoms with Gasteiger partial charge in [-0.2, -0.15) is 0 Å². The molecule has 1 saturated heterocycles. The summed E-state index contributed by atoms with van der Waals surface area (Å²) in [6.07, 6.45) is 10.5. The van der Waals surface area contributed by atoms with E-state index in [1.807, 2.05) is 0 Å². The smallest absolute Gasteiger partial charge is 0.0691 e. The van der Waals surface area contributed by atoms with Gasteiger partial charge in [-0.15, -0.1) is 6.42 Å². The summed E-state index contributed by atoms with van der Waals surface area (Å²) in [4.78, 5) is 0. The molecule has 2 fully saturated rings. The molecular weight excluding hydrogens is 110 g/mol. The predicted molar refractivity (Wildman–Crippen MR) is 37.0 cm³/mol. The van der Waals surface area contributed by atoms with Crippen LogP contribution in [-0.2, 0) is 0 Å². The van der Waals surface area contributed by atoms with Gasteiger partial charge in [0.05, 0.1) is 6.04 Å². The molecule has 48 valence electrons. The Morgan fingerprint density at radius 3 is 2.56 bits per heavy atom. The van der Waals surface area contributed by atoms with E-state index in [0.29, 0.717) is 11.6 Å². The second kappa shape index (κ2) is 1.52. The molecule has 0 aromatic carbocycles. The fourth-order valence-corrected chi connectivity index (χ4v) is 1.60. The van der Waals surface area contributed by atoms with Gasteiger partial charge in [-0.3, -0.25) is 5.32 Å². The van der Waals surface area contributed by atoms with Crippen LogP contribution in [0.1, 0.15) is 25.7 Å². The minimum absolute atomic E-state index is 0.382. The molecule has 1 aliphatic heterocycles. The van der Waals surface area contributed by atoms with Crippen LogP contribution < -0.4 is 5.32 Å². The zero-order valence-corrected chi connectivity index (χ0v) is 5.48. The van der Waals surface area contributed by atoms with Crippen molar-refractivity contribution >= 4 is 0 Å². The molecule has 1 unspecified atom stereocenters. The van der Waals surface area contributed by atoms with Crippen LogP contribution in [0, 0.1) is 12.3 Å². The molecule has 1 heterocycles. The lowest BCUT2D eigenvalue weighted by Gasteiger charge is -2.05. The fraction of sp³-hybridized carbons (Fsp3) is 0.750. The average Bonchev–Trinajstić information content (AvgIpc) is 2.44. The number of terminal acetylenes is 1.